The van der Waals surface area contributed by atoms with Crippen LogP contribution in [0.25, 0.3) is 0 Å². The molecule has 0 bridgehead atoms. The van der Waals surface area contributed by atoms with Crippen molar-refractivity contribution >= 4 is 0 Å². The van der Waals surface area contributed by atoms with Gasteiger partial charge in [0.05, 0.1) is 0 Å². The van der Waals surface area contributed by atoms with Gasteiger partial charge in [-0.2, -0.15) is 0 Å². The van der Waals surface area contributed by atoms with Crippen LogP contribution in [0.2, 0.25) is 0 Å². The Bertz CT molecular complexity index is 182. The van der Waals surface area contributed by atoms with Crippen LogP contribution < -0.4 is 0 Å². The molecular weight excluding hydrogens is 252 g/mol. The van der Waals surface area contributed by atoms with E-state index in [1.165, 1.54) is 103 Å². The van der Waals surface area contributed by atoms with E-state index >= 15 is 0 Å². The third kappa shape index (κ3) is 11.2. The van der Waals surface area contributed by atoms with E-state index in [1.54, 1.807) is 0 Å². The summed E-state index contributed by atoms with van der Waals surface area (Å²) in [6.07, 6.45) is 23.1. The van der Waals surface area contributed by atoms with E-state index in [0.717, 1.165) is 0 Å². The molecule has 0 aromatic heterocycles. The molecule has 128 valence electrons. The van der Waals surface area contributed by atoms with Gasteiger partial charge in [-0.25, -0.2) is 0 Å². The van der Waals surface area contributed by atoms with E-state index in [0.29, 0.717) is 5.41 Å². The van der Waals surface area contributed by atoms with Gasteiger partial charge in [-0.15, -0.1) is 0 Å². The highest BCUT2D eigenvalue weighted by Crippen LogP contribution is 2.36. The van der Waals surface area contributed by atoms with Gasteiger partial charge in [0.25, 0.3) is 0 Å². The van der Waals surface area contributed by atoms with Gasteiger partial charge in [0.15, 0.2) is 0 Å². The topological polar surface area (TPSA) is 0 Å². The van der Waals surface area contributed by atoms with Crippen LogP contribution in [0.3, 0.4) is 0 Å². The Kier molecular flexibility index (Phi) is 14.9. The summed E-state index contributed by atoms with van der Waals surface area (Å²) in [5.41, 5.74) is 0.665. The van der Waals surface area contributed by atoms with Gasteiger partial charge in [0, 0.05) is 0 Å². The third-order valence-corrected chi connectivity index (χ3v) is 5.81. The summed E-state index contributed by atoms with van der Waals surface area (Å²) in [5, 5.41) is 0. The van der Waals surface area contributed by atoms with Gasteiger partial charge in [-0.3, -0.25) is 0 Å². The zero-order valence-corrected chi connectivity index (χ0v) is 15.8. The molecule has 0 saturated carbocycles. The standard InChI is InChI=1S/C21H44/c1-5-9-10-11-12-13-14-15-16-17-18-19-20-21(6-2,7-3)8-4/h5-20H2,1-4H3. The Morgan fingerprint density at radius 3 is 1.10 bits per heavy atom. The Morgan fingerprint density at radius 2 is 0.762 bits per heavy atom. The van der Waals surface area contributed by atoms with Crippen LogP contribution in [-0.4, -0.2) is 0 Å². The maximum atomic E-state index is 2.38. The summed E-state index contributed by atoms with van der Waals surface area (Å²) in [5.74, 6) is 0. The Morgan fingerprint density at radius 1 is 0.429 bits per heavy atom. The molecule has 0 nitrogen and oxygen atoms in total. The lowest BCUT2D eigenvalue weighted by Gasteiger charge is -2.30. The quantitative estimate of drug-likeness (QED) is 0.251. The highest BCUT2D eigenvalue weighted by atomic mass is 14.3. The monoisotopic (exact) mass is 296 g/mol. The van der Waals surface area contributed by atoms with E-state index < -0.39 is 0 Å². The van der Waals surface area contributed by atoms with E-state index in [2.05, 4.69) is 27.7 Å². The van der Waals surface area contributed by atoms with Gasteiger partial charge >= 0.3 is 0 Å². The van der Waals surface area contributed by atoms with Crippen LogP contribution in [0.1, 0.15) is 130 Å². The molecule has 0 heterocycles. The van der Waals surface area contributed by atoms with Crippen LogP contribution in [0, 0.1) is 5.41 Å². The Labute approximate surface area is 136 Å². The molecule has 0 aromatic rings. The minimum atomic E-state index is 0.665. The summed E-state index contributed by atoms with van der Waals surface area (Å²) < 4.78 is 0. The Balaban J connectivity index is 3.29. The number of hydrogen-bond acceptors (Lipinski definition) is 0. The molecule has 0 spiro atoms. The van der Waals surface area contributed by atoms with E-state index in [9.17, 15) is 0 Å². The number of hydrogen-bond donors (Lipinski definition) is 0. The first-order valence-corrected chi connectivity index (χ1v) is 10.2. The predicted octanol–water partition coefficient (Wildman–Crippen LogP) is 8.29. The molecule has 21 heavy (non-hydrogen) atoms. The predicted molar refractivity (Wildman–Crippen MR) is 99.0 cm³/mol. The molecule has 0 amide bonds. The summed E-state index contributed by atoms with van der Waals surface area (Å²) >= 11 is 0. The van der Waals surface area contributed by atoms with E-state index in [4.69, 9.17) is 0 Å². The van der Waals surface area contributed by atoms with Crippen molar-refractivity contribution in [3.05, 3.63) is 0 Å². The fraction of sp³-hybridized carbons (Fsp3) is 1.00. The second-order valence-corrected chi connectivity index (χ2v) is 7.20. The van der Waals surface area contributed by atoms with Gasteiger partial charge in [0.1, 0.15) is 0 Å². The summed E-state index contributed by atoms with van der Waals surface area (Å²) in [6, 6.07) is 0. The SMILES string of the molecule is CCCCCCCCCCCCCCC(CC)(CC)CC. The normalized spacial score (nSPS) is 12.0. The fourth-order valence-corrected chi connectivity index (χ4v) is 3.62. The third-order valence-electron chi connectivity index (χ3n) is 5.81. The smallest absolute Gasteiger partial charge is 0.0305 e. The molecule has 0 atom stereocenters. The zero-order chi connectivity index (χ0) is 15.8. The molecule has 0 radical (unpaired) electrons. The first-order valence-electron chi connectivity index (χ1n) is 10.2. The molecule has 0 N–H and O–H groups in total. The van der Waals surface area contributed by atoms with Crippen LogP contribution in [-0.2, 0) is 0 Å². The molecular formula is C21H44. The van der Waals surface area contributed by atoms with Crippen molar-refractivity contribution in [2.45, 2.75) is 130 Å². The molecule has 0 rings (SSSR count). The molecule has 0 aromatic carbocycles. The van der Waals surface area contributed by atoms with Crippen molar-refractivity contribution in [1.82, 2.24) is 0 Å². The lowest BCUT2D eigenvalue weighted by Crippen LogP contribution is -2.17. The fourth-order valence-electron chi connectivity index (χ4n) is 3.62. The lowest BCUT2D eigenvalue weighted by atomic mass is 9.75. The molecule has 0 aliphatic carbocycles. The highest BCUT2D eigenvalue weighted by molar-refractivity contribution is 4.74. The van der Waals surface area contributed by atoms with Gasteiger partial charge < -0.3 is 0 Å². The van der Waals surface area contributed by atoms with Crippen LogP contribution in [0.15, 0.2) is 0 Å². The largest absolute Gasteiger partial charge is 0.0654 e. The minimum Gasteiger partial charge on any atom is -0.0654 e. The maximum Gasteiger partial charge on any atom is -0.0305 e. The summed E-state index contributed by atoms with van der Waals surface area (Å²) in [4.78, 5) is 0. The van der Waals surface area contributed by atoms with Crippen LogP contribution in [0.4, 0.5) is 0 Å². The van der Waals surface area contributed by atoms with Crippen molar-refractivity contribution in [2.24, 2.45) is 5.41 Å². The van der Waals surface area contributed by atoms with Gasteiger partial charge in [0.2, 0.25) is 0 Å². The molecule has 0 fully saturated rings. The average molecular weight is 297 g/mol. The first kappa shape index (κ1) is 21.0. The highest BCUT2D eigenvalue weighted by Gasteiger charge is 2.22. The lowest BCUT2D eigenvalue weighted by molar-refractivity contribution is 0.220. The second kappa shape index (κ2) is 14.9. The molecule has 0 heteroatoms. The van der Waals surface area contributed by atoms with Crippen LogP contribution >= 0.6 is 0 Å². The average Bonchev–Trinajstić information content (AvgIpc) is 2.53. The molecule has 0 aliphatic rings. The Hall–Kier alpha value is 0. The molecule has 0 unspecified atom stereocenters. The molecule has 0 aliphatic heterocycles. The zero-order valence-electron chi connectivity index (χ0n) is 15.8. The minimum absolute atomic E-state index is 0.665. The first-order chi connectivity index (χ1) is 10.2. The van der Waals surface area contributed by atoms with Crippen LogP contribution in [0.5, 0.6) is 0 Å². The summed E-state index contributed by atoms with van der Waals surface area (Å²) in [7, 11) is 0. The van der Waals surface area contributed by atoms with Crippen molar-refractivity contribution in [1.29, 1.82) is 0 Å². The van der Waals surface area contributed by atoms with Crippen molar-refractivity contribution in [2.75, 3.05) is 0 Å². The van der Waals surface area contributed by atoms with Crippen molar-refractivity contribution in [3.8, 4) is 0 Å². The maximum absolute atomic E-state index is 2.38. The van der Waals surface area contributed by atoms with Crippen molar-refractivity contribution < 1.29 is 0 Å². The second-order valence-electron chi connectivity index (χ2n) is 7.20. The molecule has 0 saturated heterocycles. The van der Waals surface area contributed by atoms with E-state index in [1.807, 2.05) is 0 Å². The summed E-state index contributed by atoms with van der Waals surface area (Å²) in [6.45, 7) is 9.44. The number of rotatable bonds is 16. The van der Waals surface area contributed by atoms with Gasteiger partial charge in [-0.1, -0.05) is 124 Å². The van der Waals surface area contributed by atoms with Crippen molar-refractivity contribution in [3.63, 3.8) is 0 Å². The number of unbranched alkanes of at least 4 members (excludes halogenated alkanes) is 11. The van der Waals surface area contributed by atoms with E-state index in [-0.39, 0.29) is 0 Å². The van der Waals surface area contributed by atoms with Gasteiger partial charge in [-0.05, 0) is 11.8 Å².